The first-order chi connectivity index (χ1) is 13.1. The highest BCUT2D eigenvalue weighted by Gasteiger charge is 2.41. The first-order valence-corrected chi connectivity index (χ1v) is 9.00. The van der Waals surface area contributed by atoms with Crippen molar-refractivity contribution in [1.29, 1.82) is 0 Å². The van der Waals surface area contributed by atoms with Gasteiger partial charge in [-0.1, -0.05) is 6.92 Å². The van der Waals surface area contributed by atoms with Crippen molar-refractivity contribution >= 4 is 17.1 Å². The third-order valence-corrected chi connectivity index (χ3v) is 4.31. The van der Waals surface area contributed by atoms with Crippen LogP contribution in [0.15, 0.2) is 15.9 Å². The smallest absolute Gasteiger partial charge is 0.456 e. The Morgan fingerprint density at radius 3 is 2.50 bits per heavy atom. The molecular weight excluding hydrogens is 381 g/mol. The van der Waals surface area contributed by atoms with Gasteiger partial charge in [-0.2, -0.15) is 13.2 Å². The molecular formula is C17H23F3N4O4. The second kappa shape index (κ2) is 8.61. The number of hydrogen-bond donors (Lipinski definition) is 0. The van der Waals surface area contributed by atoms with Gasteiger partial charge in [0.05, 0.1) is 12.4 Å². The van der Waals surface area contributed by atoms with Crippen LogP contribution in [0.4, 0.5) is 13.2 Å². The number of carbonyl (C=O) groups excluding carboxylic acids is 1. The number of imidazole rings is 1. The van der Waals surface area contributed by atoms with Gasteiger partial charge in [0.1, 0.15) is 0 Å². The monoisotopic (exact) mass is 404 g/mol. The largest absolute Gasteiger partial charge is 0.490 e. The summed E-state index contributed by atoms with van der Waals surface area (Å²) in [5.74, 6) is -2.22. The molecule has 2 rings (SSSR count). The van der Waals surface area contributed by atoms with Gasteiger partial charge in [-0.05, 0) is 32.6 Å². The lowest BCUT2D eigenvalue weighted by Gasteiger charge is -2.15. The van der Waals surface area contributed by atoms with Gasteiger partial charge >= 0.3 is 17.8 Å². The molecule has 2 heterocycles. The van der Waals surface area contributed by atoms with Crippen molar-refractivity contribution in [3.8, 4) is 0 Å². The Bertz CT molecular complexity index is 958. The Morgan fingerprint density at radius 2 is 1.89 bits per heavy atom. The van der Waals surface area contributed by atoms with E-state index in [9.17, 15) is 27.6 Å². The molecule has 156 valence electrons. The molecule has 11 heteroatoms. The van der Waals surface area contributed by atoms with E-state index in [0.29, 0.717) is 37.0 Å². The van der Waals surface area contributed by atoms with E-state index in [1.54, 1.807) is 11.6 Å². The van der Waals surface area contributed by atoms with Gasteiger partial charge < -0.3 is 9.30 Å². The molecule has 0 amide bonds. The molecule has 28 heavy (non-hydrogen) atoms. The second-order valence-corrected chi connectivity index (χ2v) is 6.63. The summed E-state index contributed by atoms with van der Waals surface area (Å²) < 4.78 is 45.0. The van der Waals surface area contributed by atoms with Crippen molar-refractivity contribution in [3.63, 3.8) is 0 Å². The van der Waals surface area contributed by atoms with Crippen molar-refractivity contribution in [2.24, 2.45) is 7.05 Å². The molecule has 1 unspecified atom stereocenters. The lowest BCUT2D eigenvalue weighted by molar-refractivity contribution is -0.204. The van der Waals surface area contributed by atoms with Crippen molar-refractivity contribution in [3.05, 3.63) is 27.2 Å². The normalized spacial score (nSPS) is 13.1. The quantitative estimate of drug-likeness (QED) is 0.496. The summed E-state index contributed by atoms with van der Waals surface area (Å²) in [5, 5.41) is 0. The first kappa shape index (κ1) is 21.7. The molecule has 0 radical (unpaired) electrons. The van der Waals surface area contributed by atoms with E-state index in [-0.39, 0.29) is 13.0 Å². The zero-order chi connectivity index (χ0) is 21.1. The van der Waals surface area contributed by atoms with E-state index in [1.807, 2.05) is 6.92 Å². The Morgan fingerprint density at radius 1 is 1.21 bits per heavy atom. The molecule has 0 fully saturated rings. The molecule has 0 aliphatic heterocycles. The fourth-order valence-corrected chi connectivity index (χ4v) is 2.95. The molecule has 0 aromatic carbocycles. The van der Waals surface area contributed by atoms with Crippen LogP contribution in [0.25, 0.3) is 11.2 Å². The van der Waals surface area contributed by atoms with Gasteiger partial charge in [-0.15, -0.1) is 0 Å². The Hall–Kier alpha value is -2.59. The van der Waals surface area contributed by atoms with Crippen LogP contribution in [0.1, 0.15) is 39.5 Å². The Balaban J connectivity index is 2.09. The molecule has 0 aliphatic rings. The summed E-state index contributed by atoms with van der Waals surface area (Å²) in [7, 11) is 1.67. The number of hydrogen-bond acceptors (Lipinski definition) is 5. The van der Waals surface area contributed by atoms with E-state index in [1.165, 1.54) is 17.8 Å². The van der Waals surface area contributed by atoms with Gasteiger partial charge in [0.2, 0.25) is 0 Å². The summed E-state index contributed by atoms with van der Waals surface area (Å²) in [5.41, 5.74) is -0.262. The van der Waals surface area contributed by atoms with E-state index in [4.69, 9.17) is 0 Å². The number of halogens is 3. The van der Waals surface area contributed by atoms with Crippen LogP contribution in [0, 0.1) is 0 Å². The fourth-order valence-electron chi connectivity index (χ4n) is 2.95. The second-order valence-electron chi connectivity index (χ2n) is 6.63. The number of ether oxygens (including phenoxy) is 1. The maximum Gasteiger partial charge on any atom is 0.490 e. The van der Waals surface area contributed by atoms with Crippen LogP contribution < -0.4 is 11.2 Å². The maximum atomic E-state index is 12.7. The van der Waals surface area contributed by atoms with Crippen LogP contribution in [0.2, 0.25) is 0 Å². The summed E-state index contributed by atoms with van der Waals surface area (Å²) >= 11 is 0. The Labute approximate surface area is 158 Å². The van der Waals surface area contributed by atoms with Crippen molar-refractivity contribution < 1.29 is 22.7 Å². The minimum Gasteiger partial charge on any atom is -0.456 e. The van der Waals surface area contributed by atoms with Crippen molar-refractivity contribution in [1.82, 2.24) is 18.7 Å². The average Bonchev–Trinajstić information content (AvgIpc) is 2.98. The highest BCUT2D eigenvalue weighted by molar-refractivity contribution is 5.75. The number of rotatable bonds is 8. The lowest BCUT2D eigenvalue weighted by atomic mass is 10.1. The molecule has 1 atom stereocenters. The van der Waals surface area contributed by atoms with E-state index in [2.05, 4.69) is 9.72 Å². The zero-order valence-corrected chi connectivity index (χ0v) is 16.0. The van der Waals surface area contributed by atoms with E-state index in [0.717, 1.165) is 4.57 Å². The summed E-state index contributed by atoms with van der Waals surface area (Å²) in [6.07, 6.45) is -2.83. The lowest BCUT2D eigenvalue weighted by Crippen LogP contribution is -2.40. The maximum absolute atomic E-state index is 12.7. The summed E-state index contributed by atoms with van der Waals surface area (Å²) in [6, 6.07) is 0. The van der Waals surface area contributed by atoms with Crippen LogP contribution in [-0.4, -0.2) is 36.9 Å². The molecule has 2 aromatic heterocycles. The zero-order valence-electron chi connectivity index (χ0n) is 16.0. The third kappa shape index (κ3) is 4.63. The molecule has 0 bridgehead atoms. The van der Waals surface area contributed by atoms with Gasteiger partial charge in [-0.3, -0.25) is 13.9 Å². The molecule has 0 saturated carbocycles. The van der Waals surface area contributed by atoms with Gasteiger partial charge in [-0.25, -0.2) is 14.6 Å². The predicted molar refractivity (Wildman–Crippen MR) is 95.0 cm³/mol. The van der Waals surface area contributed by atoms with Crippen LogP contribution >= 0.6 is 0 Å². The SMILES string of the molecule is CCCn1c(=O)n(CCCCC(C)OC(=O)C(F)(F)F)c(=O)c2c1ncn2C. The number of nitrogens with zero attached hydrogens (tertiary/aromatic N) is 4. The number of aromatic nitrogens is 4. The molecule has 2 aromatic rings. The average molecular weight is 404 g/mol. The molecule has 0 aliphatic carbocycles. The van der Waals surface area contributed by atoms with E-state index >= 15 is 0 Å². The highest BCUT2D eigenvalue weighted by atomic mass is 19.4. The molecule has 0 saturated heterocycles. The number of alkyl halides is 3. The summed E-state index contributed by atoms with van der Waals surface area (Å²) in [6.45, 7) is 3.80. The third-order valence-electron chi connectivity index (χ3n) is 4.31. The minimum atomic E-state index is -5.02. The fraction of sp³-hybridized carbons (Fsp3) is 0.647. The standard InChI is InChI=1S/C17H23F3N4O4/c1-4-8-23-13-12(22(3)10-21-13)14(25)24(16(23)27)9-6-5-7-11(2)28-15(26)17(18,19)20/h10-11H,4-9H2,1-3H3. The van der Waals surface area contributed by atoms with Gasteiger partial charge in [0, 0.05) is 20.1 Å². The topological polar surface area (TPSA) is 88.1 Å². The van der Waals surface area contributed by atoms with E-state index < -0.39 is 29.5 Å². The predicted octanol–water partition coefficient (Wildman–Crippen LogP) is 1.97. The summed E-state index contributed by atoms with van der Waals surface area (Å²) in [4.78, 5) is 40.3. The number of aryl methyl sites for hydroxylation is 2. The molecule has 0 N–H and O–H groups in total. The van der Waals surface area contributed by atoms with Crippen molar-refractivity contribution in [2.45, 2.75) is 64.9 Å². The number of fused-ring (bicyclic) bond motifs is 1. The first-order valence-electron chi connectivity index (χ1n) is 9.00. The number of carbonyl (C=O) groups is 1. The van der Waals surface area contributed by atoms with Gasteiger partial charge in [0.15, 0.2) is 11.2 Å². The van der Waals surface area contributed by atoms with Crippen molar-refractivity contribution in [2.75, 3.05) is 0 Å². The van der Waals surface area contributed by atoms with Crippen LogP contribution in [0.3, 0.4) is 0 Å². The van der Waals surface area contributed by atoms with Crippen LogP contribution in [0.5, 0.6) is 0 Å². The minimum absolute atomic E-state index is 0.114. The number of unbranched alkanes of at least 4 members (excludes halogenated alkanes) is 1. The number of esters is 1. The molecule has 0 spiro atoms. The highest BCUT2D eigenvalue weighted by Crippen LogP contribution is 2.18. The van der Waals surface area contributed by atoms with Crippen LogP contribution in [-0.2, 0) is 29.7 Å². The Kier molecular flexibility index (Phi) is 6.68. The van der Waals surface area contributed by atoms with Gasteiger partial charge in [0.25, 0.3) is 5.56 Å². The molecule has 8 nitrogen and oxygen atoms in total.